The first kappa shape index (κ1) is 30.7. The minimum atomic E-state index is -1.04. The molecule has 2 aromatic carbocycles. The van der Waals surface area contributed by atoms with Crippen LogP contribution < -0.4 is 25.0 Å². The maximum atomic E-state index is 13.8. The number of amides is 1. The molecular formula is C36H38N4O7. The molecule has 1 amide bonds. The molecule has 4 aromatic rings. The fourth-order valence-corrected chi connectivity index (χ4v) is 7.33. The summed E-state index contributed by atoms with van der Waals surface area (Å²) in [6, 6.07) is 9.79. The number of ether oxygens (including phenoxy) is 4. The Hall–Kier alpha value is -4.90. The predicted octanol–water partition coefficient (Wildman–Crippen LogP) is 4.61. The van der Waals surface area contributed by atoms with Crippen LogP contribution in [0.25, 0.3) is 21.8 Å². The first-order valence-electron chi connectivity index (χ1n) is 16.1. The van der Waals surface area contributed by atoms with Gasteiger partial charge in [0.25, 0.3) is 5.91 Å². The Balaban J connectivity index is 1.18. The molecule has 6 atom stereocenters. The van der Waals surface area contributed by atoms with E-state index in [4.69, 9.17) is 18.9 Å². The van der Waals surface area contributed by atoms with Gasteiger partial charge in [-0.3, -0.25) is 19.5 Å². The Morgan fingerprint density at radius 2 is 1.98 bits per heavy atom. The number of hydrogen-bond acceptors (Lipinski definition) is 9. The van der Waals surface area contributed by atoms with Crippen LogP contribution in [-0.2, 0) is 16.1 Å². The normalized spacial score (nSPS) is 22.5. The molecule has 6 heterocycles. The van der Waals surface area contributed by atoms with Crippen LogP contribution in [0, 0.1) is 11.8 Å². The van der Waals surface area contributed by atoms with E-state index in [1.165, 1.54) is 6.20 Å². The highest BCUT2D eigenvalue weighted by atomic mass is 16.7. The van der Waals surface area contributed by atoms with Gasteiger partial charge < -0.3 is 28.8 Å². The molecule has 4 aliphatic heterocycles. The van der Waals surface area contributed by atoms with Gasteiger partial charge in [0.2, 0.25) is 12.2 Å². The maximum Gasteiger partial charge on any atom is 0.329 e. The molecule has 0 radical (unpaired) electrons. The number of aromatic nitrogens is 2. The van der Waals surface area contributed by atoms with Gasteiger partial charge >= 0.3 is 5.97 Å². The topological polar surface area (TPSA) is 121 Å². The predicted molar refractivity (Wildman–Crippen MR) is 176 cm³/mol. The number of esters is 1. The summed E-state index contributed by atoms with van der Waals surface area (Å²) in [6.45, 7) is 9.86. The molecule has 3 saturated heterocycles. The number of rotatable bonds is 9. The number of carbonyl (C=O) groups is 2. The maximum absolute atomic E-state index is 13.8. The molecule has 0 spiro atoms. The second-order valence-corrected chi connectivity index (χ2v) is 12.5. The van der Waals surface area contributed by atoms with E-state index in [1.54, 1.807) is 36.9 Å². The zero-order valence-corrected chi connectivity index (χ0v) is 26.7. The molecule has 244 valence electrons. The third kappa shape index (κ3) is 5.48. The molecule has 11 nitrogen and oxygen atoms in total. The number of aryl methyl sites for hydroxylation is 1. The Bertz CT molecular complexity index is 1960. The molecule has 8 rings (SSSR count). The number of fused-ring (bicyclic) bond motifs is 6. The van der Waals surface area contributed by atoms with Gasteiger partial charge in [-0.1, -0.05) is 6.08 Å². The number of methoxy groups -OCH3 is 1. The highest BCUT2D eigenvalue weighted by Gasteiger charge is 2.44. The Morgan fingerprint density at radius 3 is 2.70 bits per heavy atom. The van der Waals surface area contributed by atoms with Crippen molar-refractivity contribution >= 4 is 33.7 Å². The highest BCUT2D eigenvalue weighted by Crippen LogP contribution is 2.44. The molecule has 11 heteroatoms. The van der Waals surface area contributed by atoms with E-state index in [0.29, 0.717) is 46.5 Å². The third-order valence-electron chi connectivity index (χ3n) is 9.90. The van der Waals surface area contributed by atoms with E-state index >= 15 is 0 Å². The van der Waals surface area contributed by atoms with Crippen molar-refractivity contribution in [3.05, 3.63) is 82.8 Å². The minimum absolute atomic E-state index is 0.0663. The van der Waals surface area contributed by atoms with Crippen LogP contribution in [0.5, 0.6) is 17.2 Å². The largest absolute Gasteiger partial charge is 0.497 e. The SMILES string of the molecule is C=CC1CN2CC[C@H]1CC2[C@H](OC(=O)[C@H](C)NC(=O)c1cn(CC)c2cc3c(cc2c1=O)OCO3)c1ccnc2ccc(OC)cc12. The molecule has 47 heavy (non-hydrogen) atoms. The van der Waals surface area contributed by atoms with Crippen LogP contribution in [0.3, 0.4) is 0 Å². The summed E-state index contributed by atoms with van der Waals surface area (Å²) in [4.78, 5) is 47.9. The lowest BCUT2D eigenvalue weighted by Crippen LogP contribution is -2.55. The fourth-order valence-electron chi connectivity index (χ4n) is 7.33. The standard InChI is InChI=1S/C36H38N4O7/c1-5-21-17-40-12-10-22(21)13-30(40)34(24-9-11-37-28-8-7-23(44-4)14-25(24)28)47-36(43)20(3)38-35(42)27-18-39(6-2)29-16-32-31(45-19-46-32)15-26(29)33(27)41/h5,7-9,11,14-16,18,20-22,30,34H,1,6,10,12-13,17,19H2,2-4H3,(H,38,42)/t20-,21?,22-,30?,34+/m0/s1. The van der Waals surface area contributed by atoms with Gasteiger partial charge in [-0.2, -0.15) is 0 Å². The fraction of sp³-hybridized carbons (Fsp3) is 0.389. The molecule has 3 fully saturated rings. The number of nitrogens with zero attached hydrogens (tertiary/aromatic N) is 3. The Morgan fingerprint density at radius 1 is 1.17 bits per heavy atom. The lowest BCUT2D eigenvalue weighted by molar-refractivity contribution is -0.159. The summed E-state index contributed by atoms with van der Waals surface area (Å²) < 4.78 is 24.6. The summed E-state index contributed by atoms with van der Waals surface area (Å²) in [5.41, 5.74) is 1.68. The summed E-state index contributed by atoms with van der Waals surface area (Å²) in [5, 5.41) is 3.89. The second-order valence-electron chi connectivity index (χ2n) is 12.5. The lowest BCUT2D eigenvalue weighted by atomic mass is 9.73. The van der Waals surface area contributed by atoms with Crippen LogP contribution in [0.15, 0.2) is 66.2 Å². The van der Waals surface area contributed by atoms with E-state index in [-0.39, 0.29) is 18.4 Å². The summed E-state index contributed by atoms with van der Waals surface area (Å²) in [5.74, 6) is 1.24. The molecule has 2 bridgehead atoms. The third-order valence-corrected chi connectivity index (χ3v) is 9.90. The first-order valence-corrected chi connectivity index (χ1v) is 16.1. The zero-order chi connectivity index (χ0) is 32.8. The van der Waals surface area contributed by atoms with Crippen LogP contribution in [0.2, 0.25) is 0 Å². The number of nitrogens with one attached hydrogen (secondary N) is 1. The van der Waals surface area contributed by atoms with Crippen LogP contribution >= 0.6 is 0 Å². The van der Waals surface area contributed by atoms with Crippen LogP contribution in [0.4, 0.5) is 0 Å². The molecule has 0 saturated carbocycles. The second kappa shape index (κ2) is 12.4. The number of pyridine rings is 2. The van der Waals surface area contributed by atoms with Crippen molar-refractivity contribution in [1.82, 2.24) is 19.8 Å². The average Bonchev–Trinajstić information content (AvgIpc) is 3.57. The Kier molecular flexibility index (Phi) is 8.09. The van der Waals surface area contributed by atoms with Crippen molar-refractivity contribution in [2.24, 2.45) is 11.8 Å². The molecule has 4 aliphatic rings. The van der Waals surface area contributed by atoms with E-state index in [1.807, 2.05) is 37.3 Å². The van der Waals surface area contributed by atoms with Gasteiger partial charge in [-0.15, -0.1) is 6.58 Å². The van der Waals surface area contributed by atoms with Crippen LogP contribution in [-0.4, -0.2) is 65.4 Å². The van der Waals surface area contributed by atoms with Crippen molar-refractivity contribution in [1.29, 1.82) is 0 Å². The number of carbonyl (C=O) groups excluding carboxylic acids is 2. The van der Waals surface area contributed by atoms with Gasteiger partial charge in [0.15, 0.2) is 11.5 Å². The van der Waals surface area contributed by atoms with Crippen LogP contribution in [0.1, 0.15) is 48.7 Å². The quantitative estimate of drug-likeness (QED) is 0.207. The van der Waals surface area contributed by atoms with E-state index < -0.39 is 29.5 Å². The lowest BCUT2D eigenvalue weighted by Gasteiger charge is -2.51. The summed E-state index contributed by atoms with van der Waals surface area (Å²) in [7, 11) is 1.61. The van der Waals surface area contributed by atoms with Gasteiger partial charge in [-0.05, 0) is 75.4 Å². The minimum Gasteiger partial charge on any atom is -0.497 e. The smallest absolute Gasteiger partial charge is 0.329 e. The molecule has 0 aliphatic carbocycles. The Labute approximate surface area is 272 Å². The van der Waals surface area contributed by atoms with E-state index in [2.05, 4.69) is 21.8 Å². The van der Waals surface area contributed by atoms with Gasteiger partial charge in [0.1, 0.15) is 23.5 Å². The summed E-state index contributed by atoms with van der Waals surface area (Å²) in [6.07, 6.45) is 6.55. The van der Waals surface area contributed by atoms with Crippen molar-refractivity contribution in [3.63, 3.8) is 0 Å². The van der Waals surface area contributed by atoms with Gasteiger partial charge in [-0.25, -0.2) is 4.79 Å². The number of benzene rings is 2. The zero-order valence-electron chi connectivity index (χ0n) is 26.7. The van der Waals surface area contributed by atoms with Gasteiger partial charge in [0.05, 0.1) is 29.6 Å². The molecule has 1 N–H and O–H groups in total. The van der Waals surface area contributed by atoms with Crippen molar-refractivity contribution < 1.29 is 28.5 Å². The number of hydrogen-bond donors (Lipinski definition) is 1. The molecular weight excluding hydrogens is 600 g/mol. The van der Waals surface area contributed by atoms with E-state index in [9.17, 15) is 14.4 Å². The number of piperidine rings is 3. The van der Waals surface area contributed by atoms with Gasteiger partial charge in [0, 0.05) is 42.5 Å². The monoisotopic (exact) mass is 638 g/mol. The average molecular weight is 639 g/mol. The molecule has 2 aromatic heterocycles. The van der Waals surface area contributed by atoms with Crippen molar-refractivity contribution in [3.8, 4) is 17.2 Å². The summed E-state index contributed by atoms with van der Waals surface area (Å²) >= 11 is 0. The first-order chi connectivity index (χ1) is 22.8. The van der Waals surface area contributed by atoms with Crippen molar-refractivity contribution in [2.45, 2.75) is 51.4 Å². The van der Waals surface area contributed by atoms with E-state index in [0.717, 1.165) is 42.4 Å². The molecule has 3 unspecified atom stereocenters. The van der Waals surface area contributed by atoms with Crippen molar-refractivity contribution in [2.75, 3.05) is 27.0 Å². The highest BCUT2D eigenvalue weighted by molar-refractivity contribution is 5.99.